The summed E-state index contributed by atoms with van der Waals surface area (Å²) in [6.07, 6.45) is 20.6. The molecule has 1 rings (SSSR count). The lowest BCUT2D eigenvalue weighted by Gasteiger charge is -2.14. The Labute approximate surface area is 122 Å². The molecule has 19 heavy (non-hydrogen) atoms. The van der Waals surface area contributed by atoms with E-state index in [9.17, 15) is 0 Å². The maximum Gasteiger partial charge on any atom is -0.0269 e. The van der Waals surface area contributed by atoms with Gasteiger partial charge in [-0.05, 0) is 30.6 Å². The van der Waals surface area contributed by atoms with Crippen LogP contribution in [-0.4, -0.2) is 0 Å². The van der Waals surface area contributed by atoms with Crippen LogP contribution in [0.15, 0.2) is 0 Å². The fraction of sp³-hybridized carbons (Fsp3) is 1.00. The standard InChI is InChI=1S/C19H38/c1-4-7-9-10-11-12-13-15-18-17-19(18,6-3)16-14-8-5-2/h18H,4-17H2,1-3H3. The number of unbranched alkanes of at least 4 members (excludes halogenated alkanes) is 8. The van der Waals surface area contributed by atoms with Crippen molar-refractivity contribution in [2.75, 3.05) is 0 Å². The van der Waals surface area contributed by atoms with Crippen LogP contribution in [0.3, 0.4) is 0 Å². The zero-order valence-electron chi connectivity index (χ0n) is 14.0. The summed E-state index contributed by atoms with van der Waals surface area (Å²) in [6.45, 7) is 7.05. The lowest BCUT2D eigenvalue weighted by molar-refractivity contribution is 0.369. The number of hydrogen-bond donors (Lipinski definition) is 0. The Morgan fingerprint density at radius 3 is 1.95 bits per heavy atom. The van der Waals surface area contributed by atoms with E-state index in [0.29, 0.717) is 0 Å². The molecule has 2 atom stereocenters. The topological polar surface area (TPSA) is 0 Å². The van der Waals surface area contributed by atoms with Crippen LogP contribution in [0.4, 0.5) is 0 Å². The second kappa shape index (κ2) is 9.83. The second-order valence-electron chi connectivity index (χ2n) is 6.98. The Balaban J connectivity index is 1.98. The summed E-state index contributed by atoms with van der Waals surface area (Å²) in [4.78, 5) is 0. The van der Waals surface area contributed by atoms with Crippen molar-refractivity contribution < 1.29 is 0 Å². The molecule has 0 aromatic rings. The molecule has 0 saturated heterocycles. The highest BCUT2D eigenvalue weighted by Gasteiger charge is 2.50. The molecule has 1 aliphatic rings. The van der Waals surface area contributed by atoms with E-state index >= 15 is 0 Å². The van der Waals surface area contributed by atoms with Gasteiger partial charge in [0.1, 0.15) is 0 Å². The van der Waals surface area contributed by atoms with E-state index in [-0.39, 0.29) is 0 Å². The molecule has 0 bridgehead atoms. The molecule has 0 heteroatoms. The average molecular weight is 267 g/mol. The Morgan fingerprint density at radius 1 is 0.737 bits per heavy atom. The highest BCUT2D eigenvalue weighted by Crippen LogP contribution is 2.60. The van der Waals surface area contributed by atoms with Gasteiger partial charge in [0, 0.05) is 0 Å². The summed E-state index contributed by atoms with van der Waals surface area (Å²) < 4.78 is 0. The van der Waals surface area contributed by atoms with Gasteiger partial charge < -0.3 is 0 Å². The van der Waals surface area contributed by atoms with Crippen LogP contribution >= 0.6 is 0 Å². The van der Waals surface area contributed by atoms with Gasteiger partial charge in [0.2, 0.25) is 0 Å². The smallest absolute Gasteiger partial charge is 0.0269 e. The molecule has 2 unspecified atom stereocenters. The summed E-state index contributed by atoms with van der Waals surface area (Å²) in [5, 5.41) is 0. The third kappa shape index (κ3) is 6.32. The first kappa shape index (κ1) is 17.1. The van der Waals surface area contributed by atoms with Gasteiger partial charge in [-0.1, -0.05) is 91.4 Å². The van der Waals surface area contributed by atoms with Crippen LogP contribution in [-0.2, 0) is 0 Å². The SMILES string of the molecule is CCCCCCCCCC1CC1(CC)CCCCC. The molecule has 1 saturated carbocycles. The van der Waals surface area contributed by atoms with Gasteiger partial charge in [-0.3, -0.25) is 0 Å². The minimum absolute atomic E-state index is 0.803. The van der Waals surface area contributed by atoms with Crippen molar-refractivity contribution >= 4 is 0 Å². The van der Waals surface area contributed by atoms with E-state index in [2.05, 4.69) is 20.8 Å². The Hall–Kier alpha value is 0. The molecule has 0 amide bonds. The largest absolute Gasteiger partial charge is 0.0654 e. The predicted octanol–water partition coefficient (Wildman–Crippen LogP) is 7.12. The first-order chi connectivity index (χ1) is 9.29. The lowest BCUT2D eigenvalue weighted by atomic mass is 9.91. The van der Waals surface area contributed by atoms with E-state index < -0.39 is 0 Å². The fourth-order valence-electron chi connectivity index (χ4n) is 3.83. The molecule has 0 heterocycles. The maximum atomic E-state index is 2.43. The molecule has 114 valence electrons. The molecule has 0 aliphatic heterocycles. The Kier molecular flexibility index (Phi) is 8.83. The Bertz CT molecular complexity index is 208. The summed E-state index contributed by atoms with van der Waals surface area (Å²) in [7, 11) is 0. The molecule has 0 aromatic heterocycles. The van der Waals surface area contributed by atoms with E-state index in [1.165, 1.54) is 83.5 Å². The zero-order chi connectivity index (χ0) is 14.0. The van der Waals surface area contributed by atoms with E-state index in [4.69, 9.17) is 0 Å². The van der Waals surface area contributed by atoms with Crippen molar-refractivity contribution in [2.45, 2.75) is 111 Å². The number of rotatable bonds is 13. The second-order valence-corrected chi connectivity index (χ2v) is 6.98. The van der Waals surface area contributed by atoms with Crippen molar-refractivity contribution in [1.29, 1.82) is 0 Å². The summed E-state index contributed by atoms with van der Waals surface area (Å²) >= 11 is 0. The van der Waals surface area contributed by atoms with Crippen LogP contribution < -0.4 is 0 Å². The molecular formula is C19H38. The third-order valence-corrected chi connectivity index (χ3v) is 5.50. The van der Waals surface area contributed by atoms with Crippen molar-refractivity contribution in [2.24, 2.45) is 11.3 Å². The molecule has 0 radical (unpaired) electrons. The van der Waals surface area contributed by atoms with E-state index in [0.717, 1.165) is 11.3 Å². The van der Waals surface area contributed by atoms with E-state index in [1.54, 1.807) is 6.42 Å². The van der Waals surface area contributed by atoms with E-state index in [1.807, 2.05) is 0 Å². The van der Waals surface area contributed by atoms with Gasteiger partial charge in [-0.25, -0.2) is 0 Å². The van der Waals surface area contributed by atoms with Crippen LogP contribution in [0.5, 0.6) is 0 Å². The zero-order valence-corrected chi connectivity index (χ0v) is 14.0. The summed E-state index contributed by atoms with van der Waals surface area (Å²) in [6, 6.07) is 0. The molecule has 1 fully saturated rings. The first-order valence-corrected chi connectivity index (χ1v) is 9.29. The van der Waals surface area contributed by atoms with Gasteiger partial charge >= 0.3 is 0 Å². The minimum atomic E-state index is 0.803. The maximum absolute atomic E-state index is 2.43. The van der Waals surface area contributed by atoms with Gasteiger partial charge in [0.15, 0.2) is 0 Å². The molecule has 0 aromatic carbocycles. The molecule has 0 nitrogen and oxygen atoms in total. The average Bonchev–Trinajstić information content (AvgIpc) is 3.12. The van der Waals surface area contributed by atoms with Crippen molar-refractivity contribution in [1.82, 2.24) is 0 Å². The van der Waals surface area contributed by atoms with Crippen LogP contribution in [0.1, 0.15) is 111 Å². The van der Waals surface area contributed by atoms with Crippen LogP contribution in [0, 0.1) is 11.3 Å². The quantitative estimate of drug-likeness (QED) is 0.311. The van der Waals surface area contributed by atoms with Gasteiger partial charge in [-0.2, -0.15) is 0 Å². The summed E-state index contributed by atoms with van der Waals surface area (Å²) in [5.74, 6) is 1.10. The number of hydrogen-bond acceptors (Lipinski definition) is 0. The predicted molar refractivity (Wildman–Crippen MR) is 87.6 cm³/mol. The molecule has 0 spiro atoms. The lowest BCUT2D eigenvalue weighted by Crippen LogP contribution is -2.02. The van der Waals surface area contributed by atoms with Gasteiger partial charge in [0.05, 0.1) is 0 Å². The van der Waals surface area contributed by atoms with Gasteiger partial charge in [-0.15, -0.1) is 0 Å². The van der Waals surface area contributed by atoms with Crippen LogP contribution in [0.2, 0.25) is 0 Å². The third-order valence-electron chi connectivity index (χ3n) is 5.50. The van der Waals surface area contributed by atoms with Gasteiger partial charge in [0.25, 0.3) is 0 Å². The molecule has 1 aliphatic carbocycles. The first-order valence-electron chi connectivity index (χ1n) is 9.29. The highest BCUT2D eigenvalue weighted by atomic mass is 14.5. The summed E-state index contributed by atoms with van der Waals surface area (Å²) in [5.41, 5.74) is 0.803. The van der Waals surface area contributed by atoms with Crippen molar-refractivity contribution in [3.05, 3.63) is 0 Å². The van der Waals surface area contributed by atoms with Crippen molar-refractivity contribution in [3.8, 4) is 0 Å². The Morgan fingerprint density at radius 2 is 1.32 bits per heavy atom. The van der Waals surface area contributed by atoms with Crippen molar-refractivity contribution in [3.63, 3.8) is 0 Å². The molecular weight excluding hydrogens is 228 g/mol. The highest BCUT2D eigenvalue weighted by molar-refractivity contribution is 5.00. The fourth-order valence-corrected chi connectivity index (χ4v) is 3.83. The monoisotopic (exact) mass is 266 g/mol. The minimum Gasteiger partial charge on any atom is -0.0654 e. The normalized spacial score (nSPS) is 25.7. The van der Waals surface area contributed by atoms with Crippen LogP contribution in [0.25, 0.3) is 0 Å². The molecule has 0 N–H and O–H groups in total.